The molecule has 170 valence electrons. The Morgan fingerprint density at radius 1 is 0.938 bits per heavy atom. The first-order valence-corrected chi connectivity index (χ1v) is 13.1. The number of benzene rings is 2. The van der Waals surface area contributed by atoms with E-state index in [1.54, 1.807) is 36.4 Å². The van der Waals surface area contributed by atoms with E-state index >= 15 is 0 Å². The molecular formula is C24H28FN3O2S2. The van der Waals surface area contributed by atoms with Crippen molar-refractivity contribution < 1.29 is 12.8 Å². The van der Waals surface area contributed by atoms with Crippen molar-refractivity contribution in [1.29, 1.82) is 0 Å². The van der Waals surface area contributed by atoms with Crippen molar-refractivity contribution in [1.82, 2.24) is 10.0 Å². The third kappa shape index (κ3) is 4.67. The molecule has 4 saturated carbocycles. The van der Waals surface area contributed by atoms with Crippen LogP contribution in [0, 0.1) is 23.6 Å². The van der Waals surface area contributed by atoms with Gasteiger partial charge in [-0.3, -0.25) is 0 Å². The van der Waals surface area contributed by atoms with Crippen LogP contribution in [0.2, 0.25) is 0 Å². The lowest BCUT2D eigenvalue weighted by atomic mass is 9.53. The molecule has 0 spiro atoms. The monoisotopic (exact) mass is 473 g/mol. The molecule has 0 atom stereocenters. The highest BCUT2D eigenvalue weighted by Crippen LogP contribution is 2.55. The van der Waals surface area contributed by atoms with E-state index in [4.69, 9.17) is 12.2 Å². The van der Waals surface area contributed by atoms with E-state index in [9.17, 15) is 12.8 Å². The van der Waals surface area contributed by atoms with E-state index in [1.165, 1.54) is 31.4 Å². The van der Waals surface area contributed by atoms with Gasteiger partial charge in [-0.05, 0) is 110 Å². The van der Waals surface area contributed by atoms with Gasteiger partial charge in [0, 0.05) is 17.8 Å². The summed E-state index contributed by atoms with van der Waals surface area (Å²) in [6, 6.07) is 12.9. The smallest absolute Gasteiger partial charge is 0.241 e. The van der Waals surface area contributed by atoms with Crippen molar-refractivity contribution in [3.63, 3.8) is 0 Å². The maximum absolute atomic E-state index is 13.1. The van der Waals surface area contributed by atoms with Crippen molar-refractivity contribution in [2.45, 2.75) is 55.5 Å². The lowest BCUT2D eigenvalue weighted by molar-refractivity contribution is -0.00810. The normalized spacial score (nSPS) is 28.5. The van der Waals surface area contributed by atoms with Crippen LogP contribution >= 0.6 is 12.2 Å². The molecular weight excluding hydrogens is 445 g/mol. The quantitative estimate of drug-likeness (QED) is 0.537. The molecule has 4 aliphatic carbocycles. The summed E-state index contributed by atoms with van der Waals surface area (Å²) < 4.78 is 42.4. The van der Waals surface area contributed by atoms with E-state index in [-0.39, 0.29) is 16.3 Å². The largest absolute Gasteiger partial charge is 0.358 e. The first kappa shape index (κ1) is 21.8. The van der Waals surface area contributed by atoms with E-state index < -0.39 is 10.0 Å². The molecule has 8 heteroatoms. The number of halogens is 1. The Morgan fingerprint density at radius 2 is 1.50 bits per heavy atom. The zero-order chi connectivity index (χ0) is 22.3. The zero-order valence-corrected chi connectivity index (χ0v) is 19.4. The molecule has 0 aromatic heterocycles. The maximum atomic E-state index is 13.1. The molecule has 0 aliphatic heterocycles. The molecule has 4 aliphatic rings. The summed E-state index contributed by atoms with van der Waals surface area (Å²) in [6.07, 6.45) is 6.76. The Balaban J connectivity index is 1.19. The lowest BCUT2D eigenvalue weighted by Crippen LogP contribution is -2.59. The van der Waals surface area contributed by atoms with Gasteiger partial charge in [0.15, 0.2) is 5.11 Å². The average Bonchev–Trinajstić information content (AvgIpc) is 2.72. The highest BCUT2D eigenvalue weighted by atomic mass is 32.2. The van der Waals surface area contributed by atoms with Crippen LogP contribution in [0.3, 0.4) is 0 Å². The SMILES string of the molecule is O=S(=O)(NC12CC3CC(CC(C3)C1)C2)c1ccc(NC(=S)NCc2ccc(F)cc2)cc1. The molecule has 4 bridgehead atoms. The molecule has 32 heavy (non-hydrogen) atoms. The Kier molecular flexibility index (Phi) is 5.72. The van der Waals surface area contributed by atoms with Crippen LogP contribution < -0.4 is 15.4 Å². The third-order valence-corrected chi connectivity index (χ3v) is 9.02. The maximum Gasteiger partial charge on any atom is 0.241 e. The summed E-state index contributed by atoms with van der Waals surface area (Å²) >= 11 is 5.31. The van der Waals surface area contributed by atoms with Crippen molar-refractivity contribution in [3.05, 3.63) is 59.9 Å². The molecule has 0 radical (unpaired) electrons. The second-order valence-electron chi connectivity index (χ2n) is 9.76. The number of sulfonamides is 1. The van der Waals surface area contributed by atoms with E-state index in [0.717, 1.165) is 24.8 Å². The molecule has 0 amide bonds. The van der Waals surface area contributed by atoms with Gasteiger partial charge in [-0.1, -0.05) is 12.1 Å². The Bertz CT molecular complexity index is 1070. The minimum atomic E-state index is -3.57. The molecule has 0 unspecified atom stereocenters. The van der Waals surface area contributed by atoms with Crippen LogP contribution in [-0.2, 0) is 16.6 Å². The fraction of sp³-hybridized carbons (Fsp3) is 0.458. The van der Waals surface area contributed by atoms with Gasteiger partial charge >= 0.3 is 0 Å². The predicted octanol–water partition coefficient (Wildman–Crippen LogP) is 4.56. The molecule has 2 aromatic rings. The topological polar surface area (TPSA) is 70.2 Å². The van der Waals surface area contributed by atoms with Crippen LogP contribution in [-0.4, -0.2) is 19.1 Å². The minimum absolute atomic E-state index is 0.254. The summed E-state index contributed by atoms with van der Waals surface area (Å²) in [6.45, 7) is 0.466. The van der Waals surface area contributed by atoms with Crippen LogP contribution in [0.4, 0.5) is 10.1 Å². The molecule has 0 heterocycles. The Hall–Kier alpha value is -2.03. The van der Waals surface area contributed by atoms with E-state index in [2.05, 4.69) is 15.4 Å². The summed E-state index contributed by atoms with van der Waals surface area (Å²) in [4.78, 5) is 0.281. The van der Waals surface area contributed by atoms with Crippen molar-refractivity contribution >= 4 is 33.0 Å². The summed E-state index contributed by atoms with van der Waals surface area (Å²) in [5.74, 6) is 1.76. The van der Waals surface area contributed by atoms with E-state index in [1.807, 2.05) is 0 Å². The lowest BCUT2D eigenvalue weighted by Gasteiger charge is -2.56. The first-order chi connectivity index (χ1) is 15.3. The first-order valence-electron chi connectivity index (χ1n) is 11.2. The number of hydrogen-bond donors (Lipinski definition) is 3. The second kappa shape index (κ2) is 8.39. The third-order valence-electron chi connectivity index (χ3n) is 7.18. The summed E-state index contributed by atoms with van der Waals surface area (Å²) in [5.41, 5.74) is 1.36. The fourth-order valence-corrected chi connectivity index (χ4v) is 7.88. The van der Waals surface area contributed by atoms with Crippen LogP contribution in [0.25, 0.3) is 0 Å². The molecule has 6 rings (SSSR count). The highest BCUT2D eigenvalue weighted by molar-refractivity contribution is 7.89. The number of rotatable bonds is 6. The average molecular weight is 474 g/mol. The van der Waals surface area contributed by atoms with Gasteiger partial charge in [0.05, 0.1) is 4.90 Å². The molecule has 0 saturated heterocycles. The van der Waals surface area contributed by atoms with Gasteiger partial charge in [0.1, 0.15) is 5.82 Å². The summed E-state index contributed by atoms with van der Waals surface area (Å²) in [5, 5.41) is 6.54. The molecule has 3 N–H and O–H groups in total. The fourth-order valence-electron chi connectivity index (χ4n) is 6.26. The highest BCUT2D eigenvalue weighted by Gasteiger charge is 2.52. The van der Waals surface area contributed by atoms with Gasteiger partial charge in [-0.2, -0.15) is 0 Å². The van der Waals surface area contributed by atoms with Gasteiger partial charge in [0.25, 0.3) is 0 Å². The number of anilines is 1. The van der Waals surface area contributed by atoms with Gasteiger partial charge in [-0.15, -0.1) is 0 Å². The van der Waals surface area contributed by atoms with Crippen LogP contribution in [0.1, 0.15) is 44.1 Å². The number of nitrogens with one attached hydrogen (secondary N) is 3. The predicted molar refractivity (Wildman–Crippen MR) is 127 cm³/mol. The van der Waals surface area contributed by atoms with Gasteiger partial charge < -0.3 is 10.6 Å². The molecule has 4 fully saturated rings. The second-order valence-corrected chi connectivity index (χ2v) is 11.9. The Labute approximate surface area is 194 Å². The van der Waals surface area contributed by atoms with Crippen LogP contribution in [0.5, 0.6) is 0 Å². The zero-order valence-electron chi connectivity index (χ0n) is 17.8. The molecule has 2 aromatic carbocycles. The minimum Gasteiger partial charge on any atom is -0.358 e. The Morgan fingerprint density at radius 3 is 2.06 bits per heavy atom. The number of hydrogen-bond acceptors (Lipinski definition) is 3. The van der Waals surface area contributed by atoms with Gasteiger partial charge in [0.2, 0.25) is 10.0 Å². The van der Waals surface area contributed by atoms with Gasteiger partial charge in [-0.25, -0.2) is 17.5 Å². The van der Waals surface area contributed by atoms with Crippen molar-refractivity contribution in [2.24, 2.45) is 17.8 Å². The summed E-state index contributed by atoms with van der Waals surface area (Å²) in [7, 11) is -3.57. The number of thiocarbonyl (C=S) groups is 1. The van der Waals surface area contributed by atoms with Crippen LogP contribution in [0.15, 0.2) is 53.4 Å². The molecule has 5 nitrogen and oxygen atoms in total. The van der Waals surface area contributed by atoms with Crippen molar-refractivity contribution in [3.8, 4) is 0 Å². The van der Waals surface area contributed by atoms with Crippen molar-refractivity contribution in [2.75, 3.05) is 5.32 Å². The standard InChI is InChI=1S/C24H28FN3O2S2/c25-20-3-1-16(2-4-20)15-26-23(31)27-21-5-7-22(8-6-21)32(29,30)28-24-12-17-9-18(13-24)11-19(10-17)14-24/h1-8,17-19,28H,9-15H2,(H2,26,27,31). The van der Waals surface area contributed by atoms with E-state index in [0.29, 0.717) is 35.1 Å².